The summed E-state index contributed by atoms with van der Waals surface area (Å²) >= 11 is 0. The smallest absolute Gasteiger partial charge is 0.0636 e. The molecule has 0 aromatic heterocycles. The van der Waals surface area contributed by atoms with Crippen LogP contribution in [0.2, 0.25) is 0 Å². The monoisotopic (exact) mass is 734 g/mol. The molecule has 0 saturated carbocycles. The Morgan fingerprint density at radius 3 is 0.945 bits per heavy atom. The molecule has 1 atom stereocenters. The van der Waals surface area contributed by atoms with E-state index >= 15 is 0 Å². The van der Waals surface area contributed by atoms with Gasteiger partial charge in [0.25, 0.3) is 0 Å². The quantitative estimate of drug-likeness (QED) is 0.0971. The van der Waals surface area contributed by atoms with Gasteiger partial charge in [0.05, 0.1) is 0 Å². The van der Waals surface area contributed by atoms with Crippen molar-refractivity contribution in [3.63, 3.8) is 0 Å². The summed E-state index contributed by atoms with van der Waals surface area (Å²) in [5.74, 6) is 0.348. The van der Waals surface area contributed by atoms with Crippen LogP contribution in [-0.2, 0) is 19.3 Å². The highest BCUT2D eigenvalue weighted by atomic mass is 28.3. The highest BCUT2D eigenvalue weighted by molar-refractivity contribution is 7.16. The first-order chi connectivity index (χ1) is 26.3. The molecule has 0 amide bonds. The third kappa shape index (κ3) is 7.91. The van der Waals surface area contributed by atoms with Crippen LogP contribution in [0.4, 0.5) is 0 Å². The summed E-state index contributed by atoms with van der Waals surface area (Å²) in [6, 6.07) is 50.3. The minimum atomic E-state index is -2.87. The zero-order valence-corrected chi connectivity index (χ0v) is 35.8. The Labute approximate surface area is 332 Å². The average Bonchev–Trinajstić information content (AvgIpc) is 3.30. The van der Waals surface area contributed by atoms with E-state index in [0.717, 1.165) is 19.3 Å². The summed E-state index contributed by atoms with van der Waals surface area (Å²) in [5.41, 5.74) is 20.7. The van der Waals surface area contributed by atoms with E-state index in [9.17, 15) is 0 Å². The van der Waals surface area contributed by atoms with Crippen LogP contribution in [0.3, 0.4) is 0 Å². The topological polar surface area (TPSA) is 0 Å². The molecule has 278 valence electrons. The van der Waals surface area contributed by atoms with Gasteiger partial charge in [-0.25, -0.2) is 0 Å². The lowest BCUT2D eigenvalue weighted by Gasteiger charge is -2.39. The lowest BCUT2D eigenvalue weighted by molar-refractivity contribution is 0.851. The first kappa shape index (κ1) is 38.3. The van der Waals surface area contributed by atoms with Gasteiger partial charge in [0.2, 0.25) is 0 Å². The molecule has 0 aliphatic heterocycles. The SMILES string of the molecule is CC1=C(C)C(C)C([Si](c2cccc(Cc3cc(C)cc(C)c3)c2)(c2cccc(Cc3cc(C)cc(C)c3)c2)c2cccc(Cc3cc(C)cc(C)c3)c2)=C1C. The Hall–Kier alpha value is -4.98. The van der Waals surface area contributed by atoms with Crippen LogP contribution in [0.25, 0.3) is 0 Å². The van der Waals surface area contributed by atoms with Crippen molar-refractivity contribution in [2.75, 3.05) is 0 Å². The fraction of sp³-hybridized carbons (Fsp3) is 0.259. The van der Waals surface area contributed by atoms with Gasteiger partial charge < -0.3 is 0 Å². The molecule has 55 heavy (non-hydrogen) atoms. The predicted molar refractivity (Wildman–Crippen MR) is 240 cm³/mol. The number of allylic oxidation sites excluding steroid dienone is 4. The third-order valence-corrected chi connectivity index (χ3v) is 17.3. The zero-order chi connectivity index (χ0) is 39.0. The molecule has 6 aromatic carbocycles. The van der Waals surface area contributed by atoms with Gasteiger partial charge in [0.15, 0.2) is 8.07 Å². The lowest BCUT2D eigenvalue weighted by atomic mass is 10.0. The molecule has 0 N–H and O–H groups in total. The van der Waals surface area contributed by atoms with E-state index in [1.807, 2.05) is 0 Å². The van der Waals surface area contributed by atoms with Crippen LogP contribution in [0.15, 0.2) is 149 Å². The summed E-state index contributed by atoms with van der Waals surface area (Å²) in [7, 11) is -2.87. The molecule has 0 spiro atoms. The van der Waals surface area contributed by atoms with Crippen LogP contribution in [0.1, 0.15) is 94.5 Å². The third-order valence-electron chi connectivity index (χ3n) is 12.2. The van der Waals surface area contributed by atoms with Crippen molar-refractivity contribution >= 4 is 23.6 Å². The van der Waals surface area contributed by atoms with Gasteiger partial charge in [-0.05, 0) is 142 Å². The maximum absolute atomic E-state index is 2.87. The molecule has 1 heteroatoms. The van der Waals surface area contributed by atoms with Crippen LogP contribution in [0.5, 0.6) is 0 Å². The maximum atomic E-state index is 2.59. The second kappa shape index (κ2) is 15.6. The fourth-order valence-corrected chi connectivity index (χ4v) is 15.7. The summed E-state index contributed by atoms with van der Waals surface area (Å²) in [6.07, 6.45) is 2.76. The normalized spacial score (nSPS) is 14.6. The van der Waals surface area contributed by atoms with Crippen molar-refractivity contribution < 1.29 is 0 Å². The molecule has 0 bridgehead atoms. The molecular formula is C54H58Si. The highest BCUT2D eigenvalue weighted by Crippen LogP contribution is 2.41. The second-order valence-corrected chi connectivity index (χ2v) is 20.7. The van der Waals surface area contributed by atoms with Crippen LogP contribution < -0.4 is 15.6 Å². The van der Waals surface area contributed by atoms with E-state index in [4.69, 9.17) is 0 Å². The summed E-state index contributed by atoms with van der Waals surface area (Å²) in [5, 5.41) is 6.07. The molecule has 0 saturated heterocycles. The second-order valence-electron chi connectivity index (χ2n) is 16.9. The van der Waals surface area contributed by atoms with Crippen molar-refractivity contribution in [3.05, 3.63) is 216 Å². The Kier molecular flexibility index (Phi) is 10.9. The lowest BCUT2D eigenvalue weighted by Crippen LogP contribution is -2.69. The molecule has 0 fully saturated rings. The summed E-state index contributed by atoms with van der Waals surface area (Å²) in [6.45, 7) is 22.9. The maximum Gasteiger partial charge on any atom is 0.176 e. The summed E-state index contributed by atoms with van der Waals surface area (Å²) in [4.78, 5) is 0. The molecule has 1 unspecified atom stereocenters. The van der Waals surface area contributed by atoms with E-state index in [2.05, 4.69) is 197 Å². The first-order valence-corrected chi connectivity index (χ1v) is 22.2. The summed E-state index contributed by atoms with van der Waals surface area (Å²) < 4.78 is 0. The van der Waals surface area contributed by atoms with Gasteiger partial charge in [-0.1, -0.05) is 184 Å². The molecule has 1 aliphatic rings. The van der Waals surface area contributed by atoms with Gasteiger partial charge in [-0.2, -0.15) is 0 Å². The van der Waals surface area contributed by atoms with E-state index in [1.54, 1.807) is 5.20 Å². The first-order valence-electron chi connectivity index (χ1n) is 20.2. The number of benzene rings is 6. The van der Waals surface area contributed by atoms with Gasteiger partial charge in [0.1, 0.15) is 0 Å². The Bertz CT molecular complexity index is 2170. The zero-order valence-electron chi connectivity index (χ0n) is 34.8. The molecule has 1 aliphatic carbocycles. The van der Waals surface area contributed by atoms with Crippen LogP contribution in [-0.4, -0.2) is 8.07 Å². The molecule has 0 heterocycles. The fourth-order valence-electron chi connectivity index (χ4n) is 9.90. The number of rotatable bonds is 10. The van der Waals surface area contributed by atoms with Crippen molar-refractivity contribution in [2.24, 2.45) is 5.92 Å². The van der Waals surface area contributed by atoms with E-state index in [-0.39, 0.29) is 0 Å². The molecule has 7 rings (SSSR count). The van der Waals surface area contributed by atoms with Crippen molar-refractivity contribution in [3.8, 4) is 0 Å². The van der Waals surface area contributed by atoms with Crippen LogP contribution >= 0.6 is 0 Å². The molecule has 0 nitrogen and oxygen atoms in total. The number of aryl methyl sites for hydroxylation is 6. The van der Waals surface area contributed by atoms with Gasteiger partial charge in [-0.15, -0.1) is 0 Å². The van der Waals surface area contributed by atoms with Gasteiger partial charge >= 0.3 is 0 Å². The largest absolute Gasteiger partial charge is 0.176 e. The van der Waals surface area contributed by atoms with Gasteiger partial charge in [-0.3, -0.25) is 0 Å². The molecule has 0 radical (unpaired) electrons. The van der Waals surface area contributed by atoms with Crippen LogP contribution in [0, 0.1) is 47.5 Å². The van der Waals surface area contributed by atoms with Crippen molar-refractivity contribution in [2.45, 2.75) is 88.5 Å². The molecular weight excluding hydrogens is 677 g/mol. The van der Waals surface area contributed by atoms with Gasteiger partial charge in [0, 0.05) is 0 Å². The van der Waals surface area contributed by atoms with Crippen molar-refractivity contribution in [1.82, 2.24) is 0 Å². The highest BCUT2D eigenvalue weighted by Gasteiger charge is 2.48. The Morgan fingerprint density at radius 1 is 0.364 bits per heavy atom. The standard InChI is InChI=1S/C54H58Si/c1-35-20-36(2)24-48(23-35)29-45-14-11-17-51(32-45)55(54-43(9)41(7)42(8)44(54)10,52-18-12-15-46(33-52)30-49-25-37(3)21-38(4)26-49)53-19-13-16-47(34-53)31-50-27-39(5)22-40(6)28-50/h11-28,32-34,43H,29-31H2,1-10H3. The Balaban J connectivity index is 1.49. The minimum absolute atomic E-state index is 0.348. The average molecular weight is 735 g/mol. The number of hydrogen-bond acceptors (Lipinski definition) is 0. The molecule has 6 aromatic rings. The van der Waals surface area contributed by atoms with Crippen molar-refractivity contribution in [1.29, 1.82) is 0 Å². The predicted octanol–water partition coefficient (Wildman–Crippen LogP) is 11.6. The van der Waals surface area contributed by atoms with E-state index in [1.165, 1.54) is 99.0 Å². The minimum Gasteiger partial charge on any atom is -0.0636 e. The Morgan fingerprint density at radius 2 is 0.673 bits per heavy atom. The number of hydrogen-bond donors (Lipinski definition) is 0. The van der Waals surface area contributed by atoms with E-state index < -0.39 is 8.07 Å². The van der Waals surface area contributed by atoms with E-state index in [0.29, 0.717) is 5.92 Å².